The summed E-state index contributed by atoms with van der Waals surface area (Å²) in [5, 5.41) is 15.6. The Bertz CT molecular complexity index is 1060. The minimum absolute atomic E-state index is 0.0570. The zero-order valence-electron chi connectivity index (χ0n) is 16.1. The summed E-state index contributed by atoms with van der Waals surface area (Å²) in [4.78, 5) is 34.2. The number of nitrogens with one attached hydrogen (secondary N) is 2. The Morgan fingerprint density at radius 3 is 2.50 bits per heavy atom. The van der Waals surface area contributed by atoms with E-state index in [1.165, 1.54) is 30.3 Å². The molecule has 2 amide bonds. The van der Waals surface area contributed by atoms with Crippen molar-refractivity contribution in [1.82, 2.24) is 5.32 Å². The summed E-state index contributed by atoms with van der Waals surface area (Å²) in [5.74, 6) is 0.228. The Balaban J connectivity index is 1.47. The van der Waals surface area contributed by atoms with Crippen molar-refractivity contribution in [3.05, 3.63) is 87.9 Å². The summed E-state index contributed by atoms with van der Waals surface area (Å²) in [6.45, 7) is 1.81. The van der Waals surface area contributed by atoms with Gasteiger partial charge in [-0.15, -0.1) is 0 Å². The SMILES string of the molecule is Cc1ccccc1OCc1ccc(C(=O)NCC(=O)Nc2ccc([N+](=O)[O-])cc2)o1. The molecule has 0 spiro atoms. The number of hydrogen-bond donors (Lipinski definition) is 2. The van der Waals surface area contributed by atoms with Gasteiger partial charge < -0.3 is 19.8 Å². The van der Waals surface area contributed by atoms with Gasteiger partial charge in [-0.2, -0.15) is 0 Å². The lowest BCUT2D eigenvalue weighted by atomic mass is 10.2. The molecule has 0 aliphatic heterocycles. The fourth-order valence-electron chi connectivity index (χ4n) is 2.56. The minimum Gasteiger partial charge on any atom is -0.485 e. The minimum atomic E-state index is -0.545. The third-order valence-electron chi connectivity index (χ3n) is 4.12. The van der Waals surface area contributed by atoms with Crippen LogP contribution in [0.1, 0.15) is 21.9 Å². The number of carbonyl (C=O) groups excluding carboxylic acids is 2. The molecule has 0 atom stereocenters. The molecule has 1 aromatic heterocycles. The van der Waals surface area contributed by atoms with Gasteiger partial charge in [-0.25, -0.2) is 0 Å². The molecule has 2 N–H and O–H groups in total. The van der Waals surface area contributed by atoms with Crippen LogP contribution in [-0.2, 0) is 11.4 Å². The first-order chi connectivity index (χ1) is 14.4. The van der Waals surface area contributed by atoms with Crippen LogP contribution in [0.15, 0.2) is 65.1 Å². The Kier molecular flexibility index (Phi) is 6.43. The number of aryl methyl sites for hydroxylation is 1. The van der Waals surface area contributed by atoms with E-state index in [4.69, 9.17) is 9.15 Å². The Hall–Kier alpha value is -4.14. The smallest absolute Gasteiger partial charge is 0.287 e. The van der Waals surface area contributed by atoms with E-state index in [1.807, 2.05) is 31.2 Å². The topological polar surface area (TPSA) is 124 Å². The fraction of sp³-hybridized carbons (Fsp3) is 0.143. The number of nitro groups is 1. The second-order valence-corrected chi connectivity index (χ2v) is 6.35. The predicted octanol–water partition coefficient (Wildman–Crippen LogP) is 3.44. The molecule has 1 heterocycles. The third kappa shape index (κ3) is 5.44. The van der Waals surface area contributed by atoms with Crippen LogP contribution in [0, 0.1) is 17.0 Å². The fourth-order valence-corrected chi connectivity index (χ4v) is 2.56. The highest BCUT2D eigenvalue weighted by Gasteiger charge is 2.13. The zero-order chi connectivity index (χ0) is 21.5. The number of ether oxygens (including phenoxy) is 1. The highest BCUT2D eigenvalue weighted by Crippen LogP contribution is 2.19. The number of rotatable bonds is 8. The first-order valence-electron chi connectivity index (χ1n) is 9.02. The lowest BCUT2D eigenvalue weighted by Crippen LogP contribution is -2.32. The number of non-ortho nitro benzene ring substituents is 1. The van der Waals surface area contributed by atoms with E-state index in [2.05, 4.69) is 10.6 Å². The van der Waals surface area contributed by atoms with Gasteiger partial charge in [0.05, 0.1) is 11.5 Å². The van der Waals surface area contributed by atoms with Crippen molar-refractivity contribution in [2.75, 3.05) is 11.9 Å². The quantitative estimate of drug-likeness (QED) is 0.434. The lowest BCUT2D eigenvalue weighted by Gasteiger charge is -2.07. The van der Waals surface area contributed by atoms with Crippen LogP contribution >= 0.6 is 0 Å². The maximum absolute atomic E-state index is 12.2. The van der Waals surface area contributed by atoms with E-state index < -0.39 is 16.7 Å². The van der Waals surface area contributed by atoms with Crippen molar-refractivity contribution in [1.29, 1.82) is 0 Å². The monoisotopic (exact) mass is 409 g/mol. The number of para-hydroxylation sites is 1. The van der Waals surface area contributed by atoms with Gasteiger partial charge in [-0.05, 0) is 42.8 Å². The van der Waals surface area contributed by atoms with Crippen LogP contribution in [0.5, 0.6) is 5.75 Å². The lowest BCUT2D eigenvalue weighted by molar-refractivity contribution is -0.384. The molecule has 3 aromatic rings. The normalized spacial score (nSPS) is 10.3. The predicted molar refractivity (Wildman–Crippen MR) is 108 cm³/mol. The van der Waals surface area contributed by atoms with Gasteiger partial charge in [-0.3, -0.25) is 19.7 Å². The number of nitrogens with zero attached hydrogens (tertiary/aromatic N) is 1. The van der Waals surface area contributed by atoms with E-state index in [9.17, 15) is 19.7 Å². The largest absolute Gasteiger partial charge is 0.485 e. The summed E-state index contributed by atoms with van der Waals surface area (Å²) < 4.78 is 11.1. The van der Waals surface area contributed by atoms with Crippen LogP contribution in [0.4, 0.5) is 11.4 Å². The molecule has 154 valence electrons. The molecule has 3 rings (SSSR count). The number of hydrogen-bond acceptors (Lipinski definition) is 6. The first kappa shape index (κ1) is 20.6. The molecule has 9 heteroatoms. The number of benzene rings is 2. The summed E-state index contributed by atoms with van der Waals surface area (Å²) in [6, 6.07) is 16.0. The van der Waals surface area contributed by atoms with Crippen LogP contribution in [0.2, 0.25) is 0 Å². The summed E-state index contributed by atoms with van der Waals surface area (Å²) in [5.41, 5.74) is 1.29. The van der Waals surface area contributed by atoms with Crippen molar-refractivity contribution in [3.8, 4) is 5.75 Å². The third-order valence-corrected chi connectivity index (χ3v) is 4.12. The number of amides is 2. The van der Waals surface area contributed by atoms with E-state index in [0.29, 0.717) is 11.4 Å². The Morgan fingerprint density at radius 1 is 1.07 bits per heavy atom. The zero-order valence-corrected chi connectivity index (χ0v) is 16.1. The van der Waals surface area contributed by atoms with Gasteiger partial charge in [0.2, 0.25) is 5.91 Å². The van der Waals surface area contributed by atoms with Crippen LogP contribution < -0.4 is 15.4 Å². The molecule has 0 bridgehead atoms. The molecule has 0 aliphatic carbocycles. The highest BCUT2D eigenvalue weighted by molar-refractivity contribution is 5.98. The molecule has 0 unspecified atom stereocenters. The molecule has 0 radical (unpaired) electrons. The van der Waals surface area contributed by atoms with E-state index in [-0.39, 0.29) is 24.6 Å². The summed E-state index contributed by atoms with van der Waals surface area (Å²) in [6.07, 6.45) is 0. The second-order valence-electron chi connectivity index (χ2n) is 6.35. The van der Waals surface area contributed by atoms with E-state index >= 15 is 0 Å². The molecule has 0 saturated carbocycles. The van der Waals surface area contributed by atoms with Crippen molar-refractivity contribution in [2.24, 2.45) is 0 Å². The van der Waals surface area contributed by atoms with Crippen molar-refractivity contribution >= 4 is 23.2 Å². The van der Waals surface area contributed by atoms with Crippen LogP contribution in [0.3, 0.4) is 0 Å². The van der Waals surface area contributed by atoms with Gasteiger partial charge in [0.25, 0.3) is 11.6 Å². The molecule has 2 aromatic carbocycles. The Labute approximate surface area is 171 Å². The second kappa shape index (κ2) is 9.37. The molecule has 0 aliphatic rings. The van der Waals surface area contributed by atoms with Crippen LogP contribution in [-0.4, -0.2) is 23.3 Å². The van der Waals surface area contributed by atoms with E-state index in [1.54, 1.807) is 6.07 Å². The standard InChI is InChI=1S/C21H19N3O6/c1-14-4-2-3-5-18(14)29-13-17-10-11-19(30-17)21(26)22-12-20(25)23-15-6-8-16(9-7-15)24(27)28/h2-11H,12-13H2,1H3,(H,22,26)(H,23,25). The summed E-state index contributed by atoms with van der Waals surface area (Å²) in [7, 11) is 0. The molecule has 30 heavy (non-hydrogen) atoms. The Morgan fingerprint density at radius 2 is 1.80 bits per heavy atom. The van der Waals surface area contributed by atoms with Gasteiger partial charge in [0, 0.05) is 17.8 Å². The molecule has 0 fully saturated rings. The van der Waals surface area contributed by atoms with Crippen molar-refractivity contribution in [2.45, 2.75) is 13.5 Å². The maximum atomic E-state index is 12.2. The van der Waals surface area contributed by atoms with Crippen LogP contribution in [0.25, 0.3) is 0 Å². The molecular weight excluding hydrogens is 390 g/mol. The summed E-state index contributed by atoms with van der Waals surface area (Å²) >= 11 is 0. The van der Waals surface area contributed by atoms with Gasteiger partial charge in [0.1, 0.15) is 18.1 Å². The van der Waals surface area contributed by atoms with Crippen molar-refractivity contribution < 1.29 is 23.7 Å². The van der Waals surface area contributed by atoms with Crippen molar-refractivity contribution in [3.63, 3.8) is 0 Å². The average Bonchev–Trinajstić information content (AvgIpc) is 3.21. The van der Waals surface area contributed by atoms with E-state index in [0.717, 1.165) is 11.3 Å². The van der Waals surface area contributed by atoms with Gasteiger partial charge >= 0.3 is 0 Å². The first-order valence-corrected chi connectivity index (χ1v) is 9.02. The maximum Gasteiger partial charge on any atom is 0.287 e. The molecule has 9 nitrogen and oxygen atoms in total. The molecule has 0 saturated heterocycles. The average molecular weight is 409 g/mol. The number of carbonyl (C=O) groups is 2. The van der Waals surface area contributed by atoms with Gasteiger partial charge in [-0.1, -0.05) is 18.2 Å². The number of furan rings is 1. The van der Waals surface area contributed by atoms with Gasteiger partial charge in [0.15, 0.2) is 5.76 Å². The highest BCUT2D eigenvalue weighted by atomic mass is 16.6. The number of anilines is 1. The number of nitro benzene ring substituents is 1. The molecular formula is C21H19N3O6.